The van der Waals surface area contributed by atoms with Gasteiger partial charge in [-0.05, 0) is 109 Å². The lowest BCUT2D eigenvalue weighted by Crippen LogP contribution is -2.24. The van der Waals surface area contributed by atoms with E-state index < -0.39 is 0 Å². The van der Waals surface area contributed by atoms with Gasteiger partial charge in [-0.2, -0.15) is 5.53 Å². The molecule has 1 heterocycles. The van der Waals surface area contributed by atoms with E-state index in [9.17, 15) is 0 Å². The maximum absolute atomic E-state index is 7.43. The number of nitrogens with zero attached hydrogens (tertiary/aromatic N) is 5. The molecule has 0 bridgehead atoms. The Morgan fingerprint density at radius 2 is 1.76 bits per heavy atom. The van der Waals surface area contributed by atoms with E-state index in [1.165, 1.54) is 29.7 Å². The highest BCUT2D eigenvalue weighted by Gasteiger charge is 2.25. The SMILES string of the molecule is C/C=C\NC(/C=C/C)=NC.C=C/C(=C(/C)C(=C)C)N1CCC(C/C(=C/N(CCC)N=N)CCC)[C@H](C)CC1.CC=N/C=C(\C)N. The Morgan fingerprint density at radius 1 is 1.09 bits per heavy atom. The van der Waals surface area contributed by atoms with Crippen molar-refractivity contribution in [2.75, 3.05) is 26.7 Å². The minimum absolute atomic E-state index is 0.674. The van der Waals surface area contributed by atoms with Crippen molar-refractivity contribution in [3.63, 3.8) is 0 Å². The lowest BCUT2D eigenvalue weighted by atomic mass is 9.83. The van der Waals surface area contributed by atoms with Gasteiger partial charge in [-0.1, -0.05) is 68.9 Å². The quantitative estimate of drug-likeness (QED) is 0.0589. The number of hydrogen-bond acceptors (Lipinski definition) is 6. The fourth-order valence-electron chi connectivity index (χ4n) is 4.76. The summed E-state index contributed by atoms with van der Waals surface area (Å²) in [4.78, 5) is 10.2. The molecule has 1 saturated heterocycles. The summed E-state index contributed by atoms with van der Waals surface area (Å²) in [5, 5.41) is 8.49. The van der Waals surface area contributed by atoms with Crippen molar-refractivity contribution in [1.29, 1.82) is 5.53 Å². The third-order valence-electron chi connectivity index (χ3n) is 7.39. The van der Waals surface area contributed by atoms with Gasteiger partial charge in [0.25, 0.3) is 0 Å². The third-order valence-corrected chi connectivity index (χ3v) is 7.39. The fourth-order valence-corrected chi connectivity index (χ4v) is 4.76. The molecule has 0 aromatic heterocycles. The Morgan fingerprint density at radius 3 is 2.20 bits per heavy atom. The molecule has 0 aliphatic carbocycles. The summed E-state index contributed by atoms with van der Waals surface area (Å²) in [5.41, 5.74) is 18.4. The van der Waals surface area contributed by atoms with E-state index in [0.717, 1.165) is 62.4 Å². The monoisotopic (exact) mass is 623 g/mol. The summed E-state index contributed by atoms with van der Waals surface area (Å²) in [6.07, 6.45) is 21.8. The molecule has 0 aromatic rings. The van der Waals surface area contributed by atoms with Crippen LogP contribution in [0.25, 0.3) is 0 Å². The number of nitrogens with one attached hydrogen (secondary N) is 2. The zero-order valence-corrected chi connectivity index (χ0v) is 30.4. The van der Waals surface area contributed by atoms with Crippen LogP contribution in [0.1, 0.15) is 101 Å². The van der Waals surface area contributed by atoms with Gasteiger partial charge < -0.3 is 16.0 Å². The molecule has 0 aromatic carbocycles. The van der Waals surface area contributed by atoms with Crippen LogP contribution < -0.4 is 11.1 Å². The first kappa shape index (κ1) is 43.4. The Labute approximate surface area is 276 Å². The van der Waals surface area contributed by atoms with Gasteiger partial charge in [0.2, 0.25) is 0 Å². The first-order chi connectivity index (χ1) is 21.5. The molecule has 4 N–H and O–H groups in total. The average Bonchev–Trinajstić information content (AvgIpc) is 3.19. The molecule has 8 heteroatoms. The lowest BCUT2D eigenvalue weighted by molar-refractivity contribution is 0.327. The predicted octanol–water partition coefficient (Wildman–Crippen LogP) is 9.71. The minimum atomic E-state index is 0.674. The number of nitrogens with two attached hydrogens (primary N) is 1. The predicted molar refractivity (Wildman–Crippen MR) is 199 cm³/mol. The van der Waals surface area contributed by atoms with Crippen molar-refractivity contribution >= 4 is 12.1 Å². The highest BCUT2D eigenvalue weighted by Crippen LogP contribution is 2.33. The molecule has 1 fully saturated rings. The van der Waals surface area contributed by atoms with Crippen LogP contribution in [-0.2, 0) is 0 Å². The molecule has 0 saturated carbocycles. The van der Waals surface area contributed by atoms with E-state index >= 15 is 0 Å². The molecule has 8 nitrogen and oxygen atoms in total. The van der Waals surface area contributed by atoms with Crippen LogP contribution in [0.15, 0.2) is 99.4 Å². The van der Waals surface area contributed by atoms with Crippen molar-refractivity contribution in [2.45, 2.75) is 101 Å². The number of allylic oxidation sites excluding steroid dienone is 7. The molecule has 45 heavy (non-hydrogen) atoms. The number of hydrogen-bond donors (Lipinski definition) is 3. The maximum Gasteiger partial charge on any atom is 0.124 e. The van der Waals surface area contributed by atoms with Crippen LogP contribution >= 0.6 is 0 Å². The smallest absolute Gasteiger partial charge is 0.124 e. The van der Waals surface area contributed by atoms with Crippen LogP contribution in [0.4, 0.5) is 0 Å². The van der Waals surface area contributed by atoms with Crippen LogP contribution in [0, 0.1) is 17.4 Å². The van der Waals surface area contributed by atoms with Crippen LogP contribution in [0.3, 0.4) is 0 Å². The molecule has 254 valence electrons. The summed E-state index contributed by atoms with van der Waals surface area (Å²) in [6.45, 7) is 29.7. The summed E-state index contributed by atoms with van der Waals surface area (Å²) in [7, 11) is 1.76. The van der Waals surface area contributed by atoms with Crippen LogP contribution in [0.2, 0.25) is 0 Å². The Hall–Kier alpha value is -3.68. The van der Waals surface area contributed by atoms with Crippen LogP contribution in [-0.4, -0.2) is 48.6 Å². The highest BCUT2D eigenvalue weighted by atomic mass is 15.5. The normalized spacial score (nSPS) is 18.4. The van der Waals surface area contributed by atoms with Gasteiger partial charge in [0.05, 0.1) is 0 Å². The third kappa shape index (κ3) is 20.8. The number of rotatable bonds is 14. The molecule has 1 aliphatic rings. The first-order valence-electron chi connectivity index (χ1n) is 16.4. The second kappa shape index (κ2) is 27.8. The zero-order chi connectivity index (χ0) is 34.6. The average molecular weight is 623 g/mol. The van der Waals surface area contributed by atoms with Crippen molar-refractivity contribution in [1.82, 2.24) is 15.2 Å². The largest absolute Gasteiger partial charge is 0.401 e. The Bertz CT molecular complexity index is 1050. The second-order valence-corrected chi connectivity index (χ2v) is 11.3. The number of amidine groups is 1. The van der Waals surface area contributed by atoms with Crippen molar-refractivity contribution in [2.24, 2.45) is 32.8 Å². The van der Waals surface area contributed by atoms with Crippen molar-refractivity contribution < 1.29 is 0 Å². The molecule has 2 atom stereocenters. The molecule has 0 amide bonds. The fraction of sp³-hybridized carbons (Fsp3) is 0.568. The van der Waals surface area contributed by atoms with E-state index in [0.29, 0.717) is 11.8 Å². The van der Waals surface area contributed by atoms with E-state index in [4.69, 9.17) is 11.3 Å². The molecule has 1 aliphatic heterocycles. The minimum Gasteiger partial charge on any atom is -0.401 e. The molecule has 0 radical (unpaired) electrons. The summed E-state index contributed by atoms with van der Waals surface area (Å²) in [6, 6.07) is 0. The van der Waals surface area contributed by atoms with Gasteiger partial charge in [-0.3, -0.25) is 15.0 Å². The standard InChI is InChI=1S/C24H42N4.C8H14N2.C5H10N2/c1-8-11-22(18-28(26-25)14-9-2)17-23-13-16-27(15-12-20(23)6)24(10-3)21(7)19(4)5;1-4-6-8(9-3)10-7-5-2;1-3-7-4-5(2)6/h10,18,20,23,25H,3-4,8-9,11-17H2,1-2,5-7H3;4-7H,1-3H3,(H,9,10);3-4H,6H2,1-2H3/b22-18+,24-21+,26-25?;6-4+,7-5-;5-4+,7-3?/t20-,23?;;/m1../s1. The number of likely N-dealkylation sites (tertiary alicyclic amines) is 1. The summed E-state index contributed by atoms with van der Waals surface area (Å²) in [5.74, 6) is 2.24. The maximum atomic E-state index is 7.43. The lowest BCUT2D eigenvalue weighted by Gasteiger charge is -2.26. The molecular formula is C37H66N8. The van der Waals surface area contributed by atoms with Gasteiger partial charge in [0.1, 0.15) is 5.84 Å². The van der Waals surface area contributed by atoms with Crippen LogP contribution in [0.5, 0.6) is 0 Å². The van der Waals surface area contributed by atoms with E-state index in [2.05, 4.69) is 79.4 Å². The van der Waals surface area contributed by atoms with E-state index in [1.807, 2.05) is 51.3 Å². The van der Waals surface area contributed by atoms with E-state index in [-0.39, 0.29) is 0 Å². The van der Waals surface area contributed by atoms with Crippen molar-refractivity contribution in [3.05, 3.63) is 84.2 Å². The second-order valence-electron chi connectivity index (χ2n) is 11.3. The zero-order valence-electron chi connectivity index (χ0n) is 30.4. The molecule has 1 unspecified atom stereocenters. The molecule has 0 spiro atoms. The topological polar surface area (TPSA) is 105 Å². The highest BCUT2D eigenvalue weighted by molar-refractivity contribution is 5.93. The molecule has 1 rings (SSSR count). The van der Waals surface area contributed by atoms with Gasteiger partial charge >= 0.3 is 0 Å². The number of aliphatic imine (C=N–C) groups is 2. The van der Waals surface area contributed by atoms with E-state index in [1.54, 1.807) is 31.4 Å². The summed E-state index contributed by atoms with van der Waals surface area (Å²) >= 11 is 0. The summed E-state index contributed by atoms with van der Waals surface area (Å²) < 4.78 is 0. The molecular weight excluding hydrogens is 556 g/mol. The van der Waals surface area contributed by atoms with Gasteiger partial charge in [-0.25, -0.2) is 0 Å². The first-order valence-corrected chi connectivity index (χ1v) is 16.4. The Balaban J connectivity index is 0. The van der Waals surface area contributed by atoms with Gasteiger partial charge in [0, 0.05) is 56.7 Å². The van der Waals surface area contributed by atoms with Gasteiger partial charge in [-0.15, -0.1) is 0 Å². The van der Waals surface area contributed by atoms with Gasteiger partial charge in [0.15, 0.2) is 0 Å². The Kier molecular flexibility index (Phi) is 26.9. The van der Waals surface area contributed by atoms with Crippen molar-refractivity contribution in [3.8, 4) is 0 Å².